The Morgan fingerprint density at radius 3 is 2.68 bits per heavy atom. The number of amides is 3. The normalized spacial score (nSPS) is 20.2. The standard InChI is InChI=1S/C20H19N3O5/c1-11-17(19(24)22-13-4-6-14(26-2)7-5-13)18(23-20(25)21-11)12-3-8-15-16(9-12)28-10-27-15/h3-9,17-18H,1,10H2,2H3,(H,22,24)(H2,21,23,25)/t17-,18+/m1/s1. The second-order valence-electron chi connectivity index (χ2n) is 6.41. The molecule has 3 amide bonds. The van der Waals surface area contributed by atoms with Crippen LogP contribution in [0.1, 0.15) is 11.6 Å². The van der Waals surface area contributed by atoms with Gasteiger partial charge in [-0.1, -0.05) is 12.6 Å². The number of urea groups is 1. The number of hydrogen-bond donors (Lipinski definition) is 3. The zero-order chi connectivity index (χ0) is 19.7. The molecule has 2 atom stereocenters. The highest BCUT2D eigenvalue weighted by Crippen LogP contribution is 2.38. The zero-order valence-corrected chi connectivity index (χ0v) is 15.2. The number of carbonyl (C=O) groups is 2. The molecule has 2 aliphatic heterocycles. The number of nitrogens with one attached hydrogen (secondary N) is 3. The maximum Gasteiger partial charge on any atom is 0.319 e. The number of hydrogen-bond acceptors (Lipinski definition) is 5. The number of rotatable bonds is 4. The van der Waals surface area contributed by atoms with Gasteiger partial charge in [-0.25, -0.2) is 4.79 Å². The van der Waals surface area contributed by atoms with Gasteiger partial charge >= 0.3 is 6.03 Å². The molecule has 2 aromatic carbocycles. The summed E-state index contributed by atoms with van der Waals surface area (Å²) in [4.78, 5) is 25.0. The maximum atomic E-state index is 13.0. The van der Waals surface area contributed by atoms with Gasteiger partial charge in [0.2, 0.25) is 12.7 Å². The van der Waals surface area contributed by atoms with Gasteiger partial charge in [0, 0.05) is 11.4 Å². The molecule has 3 N–H and O–H groups in total. The summed E-state index contributed by atoms with van der Waals surface area (Å²) in [5.74, 6) is 0.866. The fourth-order valence-corrected chi connectivity index (χ4v) is 3.27. The van der Waals surface area contributed by atoms with E-state index >= 15 is 0 Å². The molecule has 8 nitrogen and oxygen atoms in total. The lowest BCUT2D eigenvalue weighted by Crippen LogP contribution is -2.51. The highest BCUT2D eigenvalue weighted by molar-refractivity contribution is 5.97. The van der Waals surface area contributed by atoms with Crippen molar-refractivity contribution in [2.45, 2.75) is 6.04 Å². The maximum absolute atomic E-state index is 13.0. The van der Waals surface area contributed by atoms with Crippen LogP contribution < -0.4 is 30.2 Å². The van der Waals surface area contributed by atoms with Crippen LogP contribution >= 0.6 is 0 Å². The Kier molecular flexibility index (Phi) is 4.52. The van der Waals surface area contributed by atoms with Gasteiger partial charge in [-0.3, -0.25) is 4.79 Å². The van der Waals surface area contributed by atoms with Gasteiger partial charge < -0.3 is 30.2 Å². The number of methoxy groups -OCH3 is 1. The lowest BCUT2D eigenvalue weighted by molar-refractivity contribution is -0.119. The van der Waals surface area contributed by atoms with Crippen molar-refractivity contribution in [3.8, 4) is 17.2 Å². The van der Waals surface area contributed by atoms with E-state index in [-0.39, 0.29) is 12.7 Å². The fraction of sp³-hybridized carbons (Fsp3) is 0.200. The third kappa shape index (κ3) is 3.32. The molecule has 0 spiro atoms. The van der Waals surface area contributed by atoms with Crippen molar-refractivity contribution >= 4 is 17.6 Å². The first-order valence-corrected chi connectivity index (χ1v) is 8.66. The number of fused-ring (bicyclic) bond motifs is 1. The Morgan fingerprint density at radius 2 is 1.93 bits per heavy atom. The topological polar surface area (TPSA) is 97.9 Å². The van der Waals surface area contributed by atoms with Crippen molar-refractivity contribution in [3.63, 3.8) is 0 Å². The van der Waals surface area contributed by atoms with E-state index in [1.54, 1.807) is 49.6 Å². The van der Waals surface area contributed by atoms with Crippen LogP contribution in [0.15, 0.2) is 54.7 Å². The highest BCUT2D eigenvalue weighted by atomic mass is 16.7. The van der Waals surface area contributed by atoms with E-state index in [4.69, 9.17) is 14.2 Å². The van der Waals surface area contributed by atoms with E-state index in [1.807, 2.05) is 0 Å². The summed E-state index contributed by atoms with van der Waals surface area (Å²) in [5, 5.41) is 8.24. The molecule has 0 bridgehead atoms. The summed E-state index contributed by atoms with van der Waals surface area (Å²) in [7, 11) is 1.57. The quantitative estimate of drug-likeness (QED) is 0.756. The van der Waals surface area contributed by atoms with Crippen molar-refractivity contribution in [3.05, 3.63) is 60.3 Å². The first kappa shape index (κ1) is 17.7. The highest BCUT2D eigenvalue weighted by Gasteiger charge is 2.38. The molecule has 0 aliphatic carbocycles. The summed E-state index contributed by atoms with van der Waals surface area (Å²) in [6.07, 6.45) is 0. The molecule has 2 heterocycles. The largest absolute Gasteiger partial charge is 0.497 e. The van der Waals surface area contributed by atoms with E-state index in [1.165, 1.54) is 0 Å². The average Bonchev–Trinajstić information content (AvgIpc) is 3.15. The first-order valence-electron chi connectivity index (χ1n) is 8.66. The Bertz CT molecular complexity index is 941. The predicted octanol–water partition coefficient (Wildman–Crippen LogP) is 2.55. The minimum atomic E-state index is -0.722. The average molecular weight is 381 g/mol. The first-order chi connectivity index (χ1) is 13.5. The van der Waals surface area contributed by atoms with Crippen LogP contribution in [0.25, 0.3) is 0 Å². The third-order valence-corrected chi connectivity index (χ3v) is 4.67. The predicted molar refractivity (Wildman–Crippen MR) is 101 cm³/mol. The molecule has 2 aliphatic rings. The lowest BCUT2D eigenvalue weighted by atomic mass is 9.88. The molecule has 1 saturated heterocycles. The molecule has 0 radical (unpaired) electrons. The smallest absolute Gasteiger partial charge is 0.319 e. The molecule has 144 valence electrons. The van der Waals surface area contributed by atoms with Gasteiger partial charge in [-0.15, -0.1) is 0 Å². The Hall–Kier alpha value is -3.68. The summed E-state index contributed by atoms with van der Waals surface area (Å²) >= 11 is 0. The van der Waals surface area contributed by atoms with Crippen molar-refractivity contribution in [2.24, 2.45) is 5.92 Å². The number of ether oxygens (including phenoxy) is 3. The fourth-order valence-electron chi connectivity index (χ4n) is 3.27. The van der Waals surface area contributed by atoms with Gasteiger partial charge in [0.25, 0.3) is 0 Å². The van der Waals surface area contributed by atoms with Crippen LogP contribution in [0.3, 0.4) is 0 Å². The van der Waals surface area contributed by atoms with Crippen LogP contribution in [0.5, 0.6) is 17.2 Å². The van der Waals surface area contributed by atoms with Gasteiger partial charge in [0.1, 0.15) is 11.7 Å². The van der Waals surface area contributed by atoms with E-state index in [0.717, 1.165) is 5.56 Å². The van der Waals surface area contributed by atoms with Gasteiger partial charge in [0.15, 0.2) is 11.5 Å². The van der Waals surface area contributed by atoms with Crippen LogP contribution in [0.4, 0.5) is 10.5 Å². The van der Waals surface area contributed by atoms with Crippen molar-refractivity contribution in [1.82, 2.24) is 10.6 Å². The molecule has 0 aromatic heterocycles. The van der Waals surface area contributed by atoms with E-state index < -0.39 is 18.0 Å². The van der Waals surface area contributed by atoms with Crippen LogP contribution in [0, 0.1) is 5.92 Å². The third-order valence-electron chi connectivity index (χ3n) is 4.67. The second-order valence-corrected chi connectivity index (χ2v) is 6.41. The number of benzene rings is 2. The van der Waals surface area contributed by atoms with Crippen LogP contribution in [-0.4, -0.2) is 25.8 Å². The van der Waals surface area contributed by atoms with Gasteiger partial charge in [-0.05, 0) is 42.0 Å². The minimum absolute atomic E-state index is 0.144. The van der Waals surface area contributed by atoms with Crippen LogP contribution in [0.2, 0.25) is 0 Å². The molecule has 4 rings (SSSR count). The monoisotopic (exact) mass is 381 g/mol. The Morgan fingerprint density at radius 1 is 1.18 bits per heavy atom. The molecule has 0 saturated carbocycles. The van der Waals surface area contributed by atoms with E-state index in [9.17, 15) is 9.59 Å². The minimum Gasteiger partial charge on any atom is -0.497 e. The molecular weight excluding hydrogens is 362 g/mol. The zero-order valence-electron chi connectivity index (χ0n) is 15.2. The molecule has 0 unspecified atom stereocenters. The SMILES string of the molecule is C=C1NC(=O)N[C@@H](c2ccc3c(c2)OCO3)[C@@H]1C(=O)Nc1ccc(OC)cc1. The summed E-state index contributed by atoms with van der Waals surface area (Å²) in [6.45, 7) is 4.02. The number of carbonyl (C=O) groups excluding carboxylic acids is 2. The molecule has 28 heavy (non-hydrogen) atoms. The Balaban J connectivity index is 1.60. The van der Waals surface area contributed by atoms with Crippen molar-refractivity contribution < 1.29 is 23.8 Å². The number of anilines is 1. The summed E-state index contributed by atoms with van der Waals surface area (Å²) in [5.41, 5.74) is 1.65. The molecule has 2 aromatic rings. The van der Waals surface area contributed by atoms with Gasteiger partial charge in [-0.2, -0.15) is 0 Å². The lowest BCUT2D eigenvalue weighted by Gasteiger charge is -2.34. The molecule has 1 fully saturated rings. The summed E-state index contributed by atoms with van der Waals surface area (Å²) < 4.78 is 15.9. The van der Waals surface area contributed by atoms with Gasteiger partial charge in [0.05, 0.1) is 13.2 Å². The van der Waals surface area contributed by atoms with Crippen molar-refractivity contribution in [2.75, 3.05) is 19.2 Å². The molecule has 8 heteroatoms. The van der Waals surface area contributed by atoms with E-state index in [2.05, 4.69) is 22.5 Å². The Labute approximate surface area is 161 Å². The van der Waals surface area contributed by atoms with E-state index in [0.29, 0.717) is 28.6 Å². The van der Waals surface area contributed by atoms with Crippen LogP contribution in [-0.2, 0) is 4.79 Å². The second kappa shape index (κ2) is 7.15. The van der Waals surface area contributed by atoms with Crippen molar-refractivity contribution in [1.29, 1.82) is 0 Å². The summed E-state index contributed by atoms with van der Waals surface area (Å²) in [6, 6.07) is 11.3. The molecular formula is C20H19N3O5.